The van der Waals surface area contributed by atoms with Crippen LogP contribution in [0.5, 0.6) is 5.75 Å². The molecular weight excluding hydrogens is 358 g/mol. The van der Waals surface area contributed by atoms with Crippen LogP contribution in [0.3, 0.4) is 0 Å². The van der Waals surface area contributed by atoms with Gasteiger partial charge in [-0.1, -0.05) is 41.9 Å². The second-order valence-corrected chi connectivity index (χ2v) is 7.98. The van der Waals surface area contributed by atoms with Gasteiger partial charge >= 0.3 is 0 Å². The SMILES string of the molecule is COc1ccccc1-c1cc(CSc2nc(C)c(C)n2C2CCCC2)on1. The first-order valence-electron chi connectivity index (χ1n) is 9.44. The third kappa shape index (κ3) is 3.63. The van der Waals surface area contributed by atoms with E-state index in [0.717, 1.165) is 33.6 Å². The molecule has 1 aliphatic carbocycles. The summed E-state index contributed by atoms with van der Waals surface area (Å²) < 4.78 is 13.4. The Labute approximate surface area is 164 Å². The van der Waals surface area contributed by atoms with Gasteiger partial charge in [0.2, 0.25) is 0 Å². The van der Waals surface area contributed by atoms with Crippen molar-refractivity contribution in [2.45, 2.75) is 56.5 Å². The van der Waals surface area contributed by atoms with Gasteiger partial charge < -0.3 is 13.8 Å². The third-order valence-electron chi connectivity index (χ3n) is 5.33. The maximum absolute atomic E-state index is 5.58. The molecule has 4 rings (SSSR count). The zero-order valence-corrected chi connectivity index (χ0v) is 16.9. The fraction of sp³-hybridized carbons (Fsp3) is 0.429. The number of methoxy groups -OCH3 is 1. The molecular formula is C21H25N3O2S. The van der Waals surface area contributed by atoms with E-state index < -0.39 is 0 Å². The molecule has 2 heterocycles. The summed E-state index contributed by atoms with van der Waals surface area (Å²) in [6.45, 7) is 4.28. The van der Waals surface area contributed by atoms with Crippen molar-refractivity contribution in [3.63, 3.8) is 0 Å². The number of hydrogen-bond donors (Lipinski definition) is 0. The fourth-order valence-corrected chi connectivity index (χ4v) is 4.82. The monoisotopic (exact) mass is 383 g/mol. The minimum Gasteiger partial charge on any atom is -0.496 e. The Balaban J connectivity index is 1.52. The third-order valence-corrected chi connectivity index (χ3v) is 6.30. The van der Waals surface area contributed by atoms with Crippen LogP contribution in [0.2, 0.25) is 0 Å². The lowest BCUT2D eigenvalue weighted by Crippen LogP contribution is -2.08. The summed E-state index contributed by atoms with van der Waals surface area (Å²) >= 11 is 1.73. The van der Waals surface area contributed by atoms with E-state index >= 15 is 0 Å². The summed E-state index contributed by atoms with van der Waals surface area (Å²) in [5, 5.41) is 5.32. The Bertz CT molecular complexity index is 925. The lowest BCUT2D eigenvalue weighted by atomic mass is 10.1. The second kappa shape index (κ2) is 7.80. The van der Waals surface area contributed by atoms with Crippen molar-refractivity contribution in [1.82, 2.24) is 14.7 Å². The van der Waals surface area contributed by atoms with Crippen molar-refractivity contribution in [1.29, 1.82) is 0 Å². The summed E-state index contributed by atoms with van der Waals surface area (Å²) in [4.78, 5) is 4.81. The number of imidazole rings is 1. The molecule has 27 heavy (non-hydrogen) atoms. The van der Waals surface area contributed by atoms with Gasteiger partial charge in [-0.3, -0.25) is 0 Å². The summed E-state index contributed by atoms with van der Waals surface area (Å²) in [7, 11) is 1.67. The number of thioether (sulfide) groups is 1. The van der Waals surface area contributed by atoms with E-state index in [-0.39, 0.29) is 0 Å². The molecule has 1 saturated carbocycles. The largest absolute Gasteiger partial charge is 0.496 e. The maximum Gasteiger partial charge on any atom is 0.169 e. The Hall–Kier alpha value is -2.21. The number of aromatic nitrogens is 3. The quantitative estimate of drug-likeness (QED) is 0.521. The minimum absolute atomic E-state index is 0.590. The molecule has 0 amide bonds. The van der Waals surface area contributed by atoms with Crippen LogP contribution >= 0.6 is 11.8 Å². The van der Waals surface area contributed by atoms with Gasteiger partial charge in [0.1, 0.15) is 17.2 Å². The molecule has 0 bridgehead atoms. The normalized spacial score (nSPS) is 14.8. The highest BCUT2D eigenvalue weighted by Crippen LogP contribution is 2.36. The molecule has 0 N–H and O–H groups in total. The maximum atomic E-state index is 5.58. The van der Waals surface area contributed by atoms with Crippen molar-refractivity contribution >= 4 is 11.8 Å². The number of para-hydroxylation sites is 1. The van der Waals surface area contributed by atoms with Crippen molar-refractivity contribution in [2.75, 3.05) is 7.11 Å². The van der Waals surface area contributed by atoms with Crippen LogP contribution < -0.4 is 4.74 Å². The van der Waals surface area contributed by atoms with Gasteiger partial charge in [0.25, 0.3) is 0 Å². The summed E-state index contributed by atoms with van der Waals surface area (Å²) in [5.41, 5.74) is 4.15. The van der Waals surface area contributed by atoms with Gasteiger partial charge in [-0.25, -0.2) is 4.98 Å². The lowest BCUT2D eigenvalue weighted by Gasteiger charge is -2.16. The molecule has 2 aromatic heterocycles. The molecule has 5 nitrogen and oxygen atoms in total. The zero-order valence-electron chi connectivity index (χ0n) is 16.1. The van der Waals surface area contributed by atoms with Gasteiger partial charge in [0.05, 0.1) is 18.6 Å². The number of rotatable bonds is 6. The van der Waals surface area contributed by atoms with Crippen molar-refractivity contribution in [3.8, 4) is 17.0 Å². The van der Waals surface area contributed by atoms with Crippen LogP contribution in [-0.2, 0) is 5.75 Å². The second-order valence-electron chi connectivity index (χ2n) is 7.04. The molecule has 0 saturated heterocycles. The summed E-state index contributed by atoms with van der Waals surface area (Å²) in [5.74, 6) is 2.36. The van der Waals surface area contributed by atoms with Crippen LogP contribution in [0.4, 0.5) is 0 Å². The van der Waals surface area contributed by atoms with Crippen molar-refractivity contribution < 1.29 is 9.26 Å². The highest BCUT2D eigenvalue weighted by atomic mass is 32.2. The van der Waals surface area contributed by atoms with Gasteiger partial charge in [-0.2, -0.15) is 0 Å². The molecule has 1 aromatic carbocycles. The first-order valence-corrected chi connectivity index (χ1v) is 10.4. The fourth-order valence-electron chi connectivity index (χ4n) is 3.79. The van der Waals surface area contributed by atoms with E-state index in [1.54, 1.807) is 18.9 Å². The predicted molar refractivity (Wildman–Crippen MR) is 107 cm³/mol. The standard InChI is InChI=1S/C21H25N3O2S/c1-14-15(2)24(16-8-4-5-9-16)21(22-14)27-13-17-12-19(23-26-17)18-10-6-7-11-20(18)25-3/h6-7,10-12,16H,4-5,8-9,13H2,1-3H3. The summed E-state index contributed by atoms with van der Waals surface area (Å²) in [6, 6.07) is 10.4. The molecule has 1 aliphatic rings. The van der Waals surface area contributed by atoms with Crippen LogP contribution in [0, 0.1) is 13.8 Å². The van der Waals surface area contributed by atoms with Crippen LogP contribution in [0.15, 0.2) is 40.0 Å². The summed E-state index contributed by atoms with van der Waals surface area (Å²) in [6.07, 6.45) is 5.14. The van der Waals surface area contributed by atoms with E-state index in [1.807, 2.05) is 30.3 Å². The van der Waals surface area contributed by atoms with Gasteiger partial charge in [0.15, 0.2) is 5.16 Å². The van der Waals surface area contributed by atoms with E-state index in [9.17, 15) is 0 Å². The average molecular weight is 384 g/mol. The van der Waals surface area contributed by atoms with Gasteiger partial charge in [0, 0.05) is 23.4 Å². The first kappa shape index (κ1) is 18.2. The molecule has 6 heteroatoms. The zero-order chi connectivity index (χ0) is 18.8. The number of ether oxygens (including phenoxy) is 1. The van der Waals surface area contributed by atoms with E-state index in [2.05, 4.69) is 23.6 Å². The van der Waals surface area contributed by atoms with Crippen molar-refractivity contribution in [2.24, 2.45) is 0 Å². The Morgan fingerprint density at radius 1 is 1.22 bits per heavy atom. The highest BCUT2D eigenvalue weighted by molar-refractivity contribution is 7.98. The van der Waals surface area contributed by atoms with E-state index in [0.29, 0.717) is 11.8 Å². The highest BCUT2D eigenvalue weighted by Gasteiger charge is 2.23. The van der Waals surface area contributed by atoms with Crippen LogP contribution in [0.25, 0.3) is 11.3 Å². The number of aryl methyl sites for hydroxylation is 1. The van der Waals surface area contributed by atoms with Gasteiger partial charge in [-0.15, -0.1) is 0 Å². The Morgan fingerprint density at radius 3 is 2.78 bits per heavy atom. The number of hydrogen-bond acceptors (Lipinski definition) is 5. The Morgan fingerprint density at radius 2 is 2.00 bits per heavy atom. The smallest absolute Gasteiger partial charge is 0.169 e. The minimum atomic E-state index is 0.590. The molecule has 1 fully saturated rings. The Kier molecular flexibility index (Phi) is 5.25. The predicted octanol–water partition coefficient (Wildman–Crippen LogP) is 5.57. The number of nitrogens with zero attached hydrogens (tertiary/aromatic N) is 3. The number of benzene rings is 1. The molecule has 0 unspecified atom stereocenters. The van der Waals surface area contributed by atoms with Crippen LogP contribution in [0.1, 0.15) is 48.9 Å². The molecule has 3 aromatic rings. The first-order chi connectivity index (χ1) is 13.2. The topological polar surface area (TPSA) is 53.1 Å². The molecule has 142 valence electrons. The molecule has 0 atom stereocenters. The lowest BCUT2D eigenvalue weighted by molar-refractivity contribution is 0.394. The van der Waals surface area contributed by atoms with Gasteiger partial charge in [-0.05, 0) is 38.8 Å². The molecule has 0 aliphatic heterocycles. The van der Waals surface area contributed by atoms with E-state index in [1.165, 1.54) is 31.4 Å². The van der Waals surface area contributed by atoms with Crippen molar-refractivity contribution in [3.05, 3.63) is 47.5 Å². The average Bonchev–Trinajstić information content (AvgIpc) is 3.42. The van der Waals surface area contributed by atoms with E-state index in [4.69, 9.17) is 14.2 Å². The molecule has 0 radical (unpaired) electrons. The van der Waals surface area contributed by atoms with Crippen LogP contribution in [-0.4, -0.2) is 21.8 Å². The molecule has 0 spiro atoms.